The van der Waals surface area contributed by atoms with Gasteiger partial charge in [-0.2, -0.15) is 0 Å². The maximum Gasteiger partial charge on any atom is 0.354 e. The van der Waals surface area contributed by atoms with E-state index in [1.807, 2.05) is 0 Å². The van der Waals surface area contributed by atoms with Crippen molar-refractivity contribution in [2.75, 3.05) is 19.0 Å². The molecule has 1 aliphatic heterocycles. The second-order valence-electron chi connectivity index (χ2n) is 4.10. The fourth-order valence-corrected chi connectivity index (χ4v) is 1.80. The van der Waals surface area contributed by atoms with Gasteiger partial charge in [-0.3, -0.25) is 9.59 Å². The number of nitrogens with one attached hydrogen (secondary N) is 2. The fraction of sp³-hybridized carbons (Fsp3) is 0.417. The molecule has 7 heteroatoms. The van der Waals surface area contributed by atoms with Crippen LogP contribution in [0.1, 0.15) is 23.3 Å². The van der Waals surface area contributed by atoms with E-state index in [9.17, 15) is 14.4 Å². The van der Waals surface area contributed by atoms with Crippen molar-refractivity contribution in [1.29, 1.82) is 0 Å². The minimum atomic E-state index is -0.644. The molecule has 2 heterocycles. The molecule has 2 N–H and O–H groups in total. The van der Waals surface area contributed by atoms with E-state index in [1.54, 1.807) is 0 Å². The number of amides is 1. The topological polar surface area (TPSA) is 97.5 Å². The highest BCUT2D eigenvalue weighted by atomic mass is 16.5. The number of rotatable bonds is 3. The van der Waals surface area contributed by atoms with Gasteiger partial charge < -0.3 is 19.8 Å². The van der Waals surface area contributed by atoms with Crippen molar-refractivity contribution in [1.82, 2.24) is 4.98 Å². The molecule has 1 aromatic heterocycles. The Kier molecular flexibility index (Phi) is 3.96. The number of pyridine rings is 1. The average Bonchev–Trinajstić information content (AvgIpc) is 2.94. The van der Waals surface area contributed by atoms with Gasteiger partial charge in [-0.1, -0.05) is 0 Å². The van der Waals surface area contributed by atoms with Crippen molar-refractivity contribution >= 4 is 17.6 Å². The molecule has 0 spiro atoms. The van der Waals surface area contributed by atoms with Crippen LogP contribution >= 0.6 is 0 Å². The Balaban J connectivity index is 2.11. The molecule has 2 rings (SSSR count). The first-order valence-corrected chi connectivity index (χ1v) is 5.86. The van der Waals surface area contributed by atoms with Crippen LogP contribution in [0.2, 0.25) is 0 Å². The van der Waals surface area contributed by atoms with Crippen LogP contribution in [-0.4, -0.2) is 36.7 Å². The lowest BCUT2D eigenvalue weighted by molar-refractivity contribution is -0.124. The normalized spacial score (nSPS) is 18.1. The molecule has 0 saturated carbocycles. The number of ether oxygens (including phenoxy) is 2. The molecule has 1 aliphatic rings. The third-order valence-electron chi connectivity index (χ3n) is 2.79. The Morgan fingerprint density at radius 3 is 2.84 bits per heavy atom. The highest BCUT2D eigenvalue weighted by molar-refractivity contribution is 5.94. The van der Waals surface area contributed by atoms with Crippen molar-refractivity contribution in [2.24, 2.45) is 0 Å². The zero-order valence-electron chi connectivity index (χ0n) is 10.4. The first kappa shape index (κ1) is 13.3. The van der Waals surface area contributed by atoms with Crippen molar-refractivity contribution in [3.05, 3.63) is 28.2 Å². The number of hydrogen-bond donors (Lipinski definition) is 2. The van der Waals surface area contributed by atoms with Gasteiger partial charge in [0.1, 0.15) is 17.5 Å². The van der Waals surface area contributed by atoms with Crippen LogP contribution in [0.4, 0.5) is 5.69 Å². The van der Waals surface area contributed by atoms with Gasteiger partial charge >= 0.3 is 5.97 Å². The van der Waals surface area contributed by atoms with Crippen LogP contribution in [0, 0.1) is 0 Å². The third kappa shape index (κ3) is 3.00. The van der Waals surface area contributed by atoms with Gasteiger partial charge in [0.25, 0.3) is 11.5 Å². The van der Waals surface area contributed by atoms with Gasteiger partial charge in [0.15, 0.2) is 0 Å². The van der Waals surface area contributed by atoms with Crippen LogP contribution in [0.3, 0.4) is 0 Å². The maximum atomic E-state index is 11.8. The van der Waals surface area contributed by atoms with Gasteiger partial charge in [-0.25, -0.2) is 4.79 Å². The Hall–Kier alpha value is -2.15. The van der Waals surface area contributed by atoms with Crippen LogP contribution in [0.15, 0.2) is 16.9 Å². The number of hydrogen-bond acceptors (Lipinski definition) is 5. The highest BCUT2D eigenvalue weighted by Crippen LogP contribution is 2.13. The number of esters is 1. The summed E-state index contributed by atoms with van der Waals surface area (Å²) in [5.74, 6) is -0.997. The van der Waals surface area contributed by atoms with E-state index in [4.69, 9.17) is 4.74 Å². The van der Waals surface area contributed by atoms with Crippen LogP contribution in [0.5, 0.6) is 0 Å². The number of aromatic nitrogens is 1. The molecule has 19 heavy (non-hydrogen) atoms. The molecule has 1 amide bonds. The van der Waals surface area contributed by atoms with Crippen LogP contribution in [-0.2, 0) is 14.3 Å². The SMILES string of the molecule is COC(=O)c1ccc(NC(=O)[C@H]2CCCO2)c(=O)[nH]1. The van der Waals surface area contributed by atoms with E-state index in [0.29, 0.717) is 13.0 Å². The first-order valence-electron chi connectivity index (χ1n) is 5.86. The summed E-state index contributed by atoms with van der Waals surface area (Å²) in [7, 11) is 1.22. The van der Waals surface area contributed by atoms with Gasteiger partial charge in [0.2, 0.25) is 0 Å². The van der Waals surface area contributed by atoms with Gasteiger partial charge in [-0.05, 0) is 25.0 Å². The van der Waals surface area contributed by atoms with E-state index in [-0.39, 0.29) is 17.3 Å². The molecule has 102 valence electrons. The van der Waals surface area contributed by atoms with Crippen molar-refractivity contribution in [3.63, 3.8) is 0 Å². The lowest BCUT2D eigenvalue weighted by atomic mass is 10.2. The molecule has 1 fully saturated rings. The van der Waals surface area contributed by atoms with E-state index < -0.39 is 17.6 Å². The summed E-state index contributed by atoms with van der Waals surface area (Å²) in [6.45, 7) is 0.551. The molecule has 7 nitrogen and oxygen atoms in total. The molecule has 0 bridgehead atoms. The molecule has 0 radical (unpaired) electrons. The van der Waals surface area contributed by atoms with Crippen molar-refractivity contribution in [2.45, 2.75) is 18.9 Å². The lowest BCUT2D eigenvalue weighted by Gasteiger charge is -2.09. The van der Waals surface area contributed by atoms with Crippen molar-refractivity contribution < 1.29 is 19.1 Å². The zero-order chi connectivity index (χ0) is 13.8. The van der Waals surface area contributed by atoms with E-state index in [2.05, 4.69) is 15.0 Å². The molecule has 0 aromatic carbocycles. The molecular weight excluding hydrogens is 252 g/mol. The zero-order valence-corrected chi connectivity index (χ0v) is 10.4. The van der Waals surface area contributed by atoms with E-state index >= 15 is 0 Å². The van der Waals surface area contributed by atoms with Gasteiger partial charge in [-0.15, -0.1) is 0 Å². The third-order valence-corrected chi connectivity index (χ3v) is 2.79. The molecule has 1 aromatic rings. The van der Waals surface area contributed by atoms with E-state index in [1.165, 1.54) is 19.2 Å². The van der Waals surface area contributed by atoms with E-state index in [0.717, 1.165) is 6.42 Å². The molecule has 1 saturated heterocycles. The predicted molar refractivity (Wildman–Crippen MR) is 66.0 cm³/mol. The second kappa shape index (κ2) is 5.66. The Morgan fingerprint density at radius 1 is 1.47 bits per heavy atom. The summed E-state index contributed by atoms with van der Waals surface area (Å²) < 4.78 is 9.68. The van der Waals surface area contributed by atoms with Gasteiger partial charge in [0, 0.05) is 6.61 Å². The van der Waals surface area contributed by atoms with Crippen molar-refractivity contribution in [3.8, 4) is 0 Å². The Bertz CT molecular complexity index is 545. The smallest absolute Gasteiger partial charge is 0.354 e. The summed E-state index contributed by atoms with van der Waals surface area (Å²) in [6, 6.07) is 2.73. The first-order chi connectivity index (χ1) is 9.11. The number of carbonyl (C=O) groups is 2. The molecule has 0 aliphatic carbocycles. The maximum absolute atomic E-state index is 11.8. The number of aromatic amines is 1. The quantitative estimate of drug-likeness (QED) is 0.766. The van der Waals surface area contributed by atoms with Crippen LogP contribution < -0.4 is 10.9 Å². The Labute approximate surface area is 108 Å². The monoisotopic (exact) mass is 266 g/mol. The molecular formula is C12H14N2O5. The predicted octanol–water partition coefficient (Wildman–Crippen LogP) is 0.279. The Morgan fingerprint density at radius 2 is 2.26 bits per heavy atom. The largest absolute Gasteiger partial charge is 0.464 e. The average molecular weight is 266 g/mol. The number of anilines is 1. The van der Waals surface area contributed by atoms with Crippen LogP contribution in [0.25, 0.3) is 0 Å². The second-order valence-corrected chi connectivity index (χ2v) is 4.10. The molecule has 0 unspecified atom stereocenters. The number of methoxy groups -OCH3 is 1. The minimum absolute atomic E-state index is 0.0302. The molecule has 1 atom stereocenters. The van der Waals surface area contributed by atoms with Gasteiger partial charge in [0.05, 0.1) is 7.11 Å². The summed E-state index contributed by atoms with van der Waals surface area (Å²) in [5.41, 5.74) is -0.454. The lowest BCUT2D eigenvalue weighted by Crippen LogP contribution is -2.30. The highest BCUT2D eigenvalue weighted by Gasteiger charge is 2.24. The fourth-order valence-electron chi connectivity index (χ4n) is 1.80. The minimum Gasteiger partial charge on any atom is -0.464 e. The number of carbonyl (C=O) groups excluding carboxylic acids is 2. The number of H-pyrrole nitrogens is 1. The summed E-state index contributed by atoms with van der Waals surface area (Å²) >= 11 is 0. The summed E-state index contributed by atoms with van der Waals surface area (Å²) in [4.78, 5) is 37.0. The summed E-state index contributed by atoms with van der Waals surface area (Å²) in [5, 5.41) is 2.48. The summed E-state index contributed by atoms with van der Waals surface area (Å²) in [6.07, 6.45) is 0.958. The standard InChI is InChI=1S/C12H14N2O5/c1-18-12(17)8-5-4-7(10(15)14-8)13-11(16)9-3-2-6-19-9/h4-5,9H,2-3,6H2,1H3,(H,13,16)(H,14,15)/t9-/m1/s1.